The van der Waals surface area contributed by atoms with Crippen LogP contribution in [0, 0.1) is 17.5 Å². The fraction of sp³-hybridized carbons (Fsp3) is 0.154. The van der Waals surface area contributed by atoms with Crippen molar-refractivity contribution in [3.05, 3.63) is 107 Å². The molecule has 0 fully saturated rings. The Morgan fingerprint density at radius 3 is 2.03 bits per heavy atom. The monoisotopic (exact) mass is 390 g/mol. The second-order valence-corrected chi connectivity index (χ2v) is 7.28. The van der Waals surface area contributed by atoms with Crippen LogP contribution in [0.1, 0.15) is 23.6 Å². The molecule has 0 bridgehead atoms. The maximum Gasteiger partial charge on any atom is 0.159 e. The first-order chi connectivity index (χ1) is 14.0. The van der Waals surface area contributed by atoms with E-state index in [2.05, 4.69) is 31.2 Å². The zero-order chi connectivity index (χ0) is 20.4. The standard InChI is InChI=1S/C26H21F3/c1-2-17-3-5-18(6-4-17)7-8-19-9-12-22-20(15-19)10-13-23(26(22)29)21-11-14-24(27)25(28)16-21/h3-6,9-16H,2,7-8H2,1H3. The topological polar surface area (TPSA) is 0 Å². The summed E-state index contributed by atoms with van der Waals surface area (Å²) in [6.45, 7) is 2.14. The van der Waals surface area contributed by atoms with Gasteiger partial charge in [-0.3, -0.25) is 0 Å². The first kappa shape index (κ1) is 19.3. The van der Waals surface area contributed by atoms with E-state index in [9.17, 15) is 8.78 Å². The average molecular weight is 390 g/mol. The van der Waals surface area contributed by atoms with Gasteiger partial charge in [0.05, 0.1) is 0 Å². The predicted molar refractivity (Wildman–Crippen MR) is 112 cm³/mol. The minimum absolute atomic E-state index is 0.264. The number of benzene rings is 4. The number of halogens is 3. The van der Waals surface area contributed by atoms with E-state index < -0.39 is 17.5 Å². The van der Waals surface area contributed by atoms with Crippen molar-refractivity contribution in [1.82, 2.24) is 0 Å². The maximum absolute atomic E-state index is 15.0. The van der Waals surface area contributed by atoms with E-state index in [1.165, 1.54) is 17.2 Å². The highest BCUT2D eigenvalue weighted by atomic mass is 19.2. The number of hydrogen-bond donors (Lipinski definition) is 0. The van der Waals surface area contributed by atoms with Crippen molar-refractivity contribution in [3.63, 3.8) is 0 Å². The van der Waals surface area contributed by atoms with Crippen LogP contribution in [0.3, 0.4) is 0 Å². The van der Waals surface area contributed by atoms with Crippen LogP contribution in [-0.2, 0) is 19.3 Å². The molecule has 0 aliphatic rings. The van der Waals surface area contributed by atoms with Crippen molar-refractivity contribution in [2.75, 3.05) is 0 Å². The first-order valence-corrected chi connectivity index (χ1v) is 9.79. The van der Waals surface area contributed by atoms with Crippen LogP contribution < -0.4 is 0 Å². The Hall–Kier alpha value is -3.07. The van der Waals surface area contributed by atoms with Crippen LogP contribution in [0.15, 0.2) is 72.8 Å². The Labute approximate surface area is 168 Å². The van der Waals surface area contributed by atoms with E-state index in [0.717, 1.165) is 42.3 Å². The molecule has 4 aromatic carbocycles. The molecule has 0 N–H and O–H groups in total. The van der Waals surface area contributed by atoms with E-state index >= 15 is 4.39 Å². The molecule has 0 aliphatic carbocycles. The molecule has 0 aromatic heterocycles. The number of aryl methyl sites for hydroxylation is 3. The number of hydrogen-bond acceptors (Lipinski definition) is 0. The van der Waals surface area contributed by atoms with Gasteiger partial charge in [0.2, 0.25) is 0 Å². The zero-order valence-electron chi connectivity index (χ0n) is 16.2. The largest absolute Gasteiger partial charge is 0.206 e. The summed E-state index contributed by atoms with van der Waals surface area (Å²) in [5, 5.41) is 1.27. The SMILES string of the molecule is CCc1ccc(CCc2ccc3c(F)c(-c4ccc(F)c(F)c4)ccc3c2)cc1. The minimum atomic E-state index is -0.982. The molecule has 0 unspecified atom stereocenters. The molecule has 0 amide bonds. The second kappa shape index (κ2) is 8.12. The van der Waals surface area contributed by atoms with Crippen LogP contribution in [0.5, 0.6) is 0 Å². The fourth-order valence-electron chi connectivity index (χ4n) is 3.61. The molecule has 0 radical (unpaired) electrons. The van der Waals surface area contributed by atoms with E-state index in [1.807, 2.05) is 18.2 Å². The minimum Gasteiger partial charge on any atom is -0.206 e. The highest BCUT2D eigenvalue weighted by Gasteiger charge is 2.12. The Morgan fingerprint density at radius 2 is 1.31 bits per heavy atom. The van der Waals surface area contributed by atoms with Gasteiger partial charge in [-0.25, -0.2) is 13.2 Å². The normalized spacial score (nSPS) is 11.2. The molecule has 4 rings (SSSR count). The van der Waals surface area contributed by atoms with Gasteiger partial charge in [0.25, 0.3) is 0 Å². The summed E-state index contributed by atoms with van der Waals surface area (Å²) in [6.07, 6.45) is 2.82. The molecule has 0 saturated heterocycles. The van der Waals surface area contributed by atoms with Gasteiger partial charge in [0, 0.05) is 10.9 Å². The van der Waals surface area contributed by atoms with Crippen molar-refractivity contribution >= 4 is 10.8 Å². The van der Waals surface area contributed by atoms with Crippen molar-refractivity contribution in [2.45, 2.75) is 26.2 Å². The molecule has 0 spiro atoms. The molecular formula is C26H21F3. The summed E-state index contributed by atoms with van der Waals surface area (Å²) in [7, 11) is 0. The molecule has 0 heterocycles. The lowest BCUT2D eigenvalue weighted by Gasteiger charge is -2.09. The summed E-state index contributed by atoms with van der Waals surface area (Å²) in [5.74, 6) is -2.34. The fourth-order valence-corrected chi connectivity index (χ4v) is 3.61. The second-order valence-electron chi connectivity index (χ2n) is 7.28. The lowest BCUT2D eigenvalue weighted by Crippen LogP contribution is -1.94. The van der Waals surface area contributed by atoms with Crippen molar-refractivity contribution in [2.24, 2.45) is 0 Å². The van der Waals surface area contributed by atoms with Gasteiger partial charge < -0.3 is 0 Å². The van der Waals surface area contributed by atoms with Crippen molar-refractivity contribution in [3.8, 4) is 11.1 Å². The third-order valence-corrected chi connectivity index (χ3v) is 5.38. The molecule has 3 heteroatoms. The van der Waals surface area contributed by atoms with Gasteiger partial charge in [-0.2, -0.15) is 0 Å². The molecule has 29 heavy (non-hydrogen) atoms. The van der Waals surface area contributed by atoms with E-state index in [-0.39, 0.29) is 5.56 Å². The third-order valence-electron chi connectivity index (χ3n) is 5.38. The molecule has 0 aliphatic heterocycles. The van der Waals surface area contributed by atoms with Crippen molar-refractivity contribution < 1.29 is 13.2 Å². The van der Waals surface area contributed by atoms with Crippen LogP contribution in [0.25, 0.3) is 21.9 Å². The van der Waals surface area contributed by atoms with Gasteiger partial charge in [-0.15, -0.1) is 0 Å². The molecule has 146 valence electrons. The van der Waals surface area contributed by atoms with Crippen LogP contribution >= 0.6 is 0 Å². The molecule has 0 atom stereocenters. The predicted octanol–water partition coefficient (Wildman–Crippen LogP) is 7.27. The van der Waals surface area contributed by atoms with Gasteiger partial charge >= 0.3 is 0 Å². The Kier molecular flexibility index (Phi) is 5.39. The average Bonchev–Trinajstić information content (AvgIpc) is 2.75. The summed E-state index contributed by atoms with van der Waals surface area (Å²) in [4.78, 5) is 0. The molecule has 0 nitrogen and oxygen atoms in total. The van der Waals surface area contributed by atoms with Gasteiger partial charge in [-0.05, 0) is 59.0 Å². The van der Waals surface area contributed by atoms with Crippen LogP contribution in [0.4, 0.5) is 13.2 Å². The summed E-state index contributed by atoms with van der Waals surface area (Å²) in [5.41, 5.74) is 4.33. The smallest absolute Gasteiger partial charge is 0.159 e. The molecule has 4 aromatic rings. The van der Waals surface area contributed by atoms with Gasteiger partial charge in [0.1, 0.15) is 5.82 Å². The van der Waals surface area contributed by atoms with Crippen LogP contribution in [-0.4, -0.2) is 0 Å². The zero-order valence-corrected chi connectivity index (χ0v) is 16.2. The number of rotatable bonds is 5. The highest BCUT2D eigenvalue weighted by molar-refractivity contribution is 5.88. The third kappa shape index (κ3) is 4.04. The summed E-state index contributed by atoms with van der Waals surface area (Å²) < 4.78 is 41.7. The Balaban J connectivity index is 1.58. The lowest BCUT2D eigenvalue weighted by molar-refractivity contribution is 0.509. The summed E-state index contributed by atoms with van der Waals surface area (Å²) >= 11 is 0. The Bertz CT molecular complexity index is 1160. The lowest BCUT2D eigenvalue weighted by atomic mass is 9.97. The van der Waals surface area contributed by atoms with E-state index in [4.69, 9.17) is 0 Å². The van der Waals surface area contributed by atoms with E-state index in [0.29, 0.717) is 10.9 Å². The molecule has 0 saturated carbocycles. The molecular weight excluding hydrogens is 369 g/mol. The summed E-state index contributed by atoms with van der Waals surface area (Å²) in [6, 6.07) is 21.2. The van der Waals surface area contributed by atoms with Gasteiger partial charge in [-0.1, -0.05) is 67.6 Å². The van der Waals surface area contributed by atoms with Crippen molar-refractivity contribution in [1.29, 1.82) is 0 Å². The first-order valence-electron chi connectivity index (χ1n) is 9.79. The van der Waals surface area contributed by atoms with Gasteiger partial charge in [0.15, 0.2) is 11.6 Å². The maximum atomic E-state index is 15.0. The Morgan fingerprint density at radius 1 is 0.621 bits per heavy atom. The van der Waals surface area contributed by atoms with Crippen LogP contribution in [0.2, 0.25) is 0 Å². The van der Waals surface area contributed by atoms with E-state index in [1.54, 1.807) is 12.1 Å². The highest BCUT2D eigenvalue weighted by Crippen LogP contribution is 2.30. The number of fused-ring (bicyclic) bond motifs is 1. The quantitative estimate of drug-likeness (QED) is 0.336.